The molecule has 0 bridgehead atoms. The van der Waals surface area contributed by atoms with Crippen molar-refractivity contribution >= 4 is 38.9 Å². The number of hydrogen-bond acceptors (Lipinski definition) is 6. The van der Waals surface area contributed by atoms with E-state index in [9.17, 15) is 13.2 Å². The van der Waals surface area contributed by atoms with E-state index in [1.54, 1.807) is 13.2 Å². The van der Waals surface area contributed by atoms with E-state index in [-0.39, 0.29) is 16.9 Å². The fraction of sp³-hybridized carbons (Fsp3) is 0.480. The van der Waals surface area contributed by atoms with Gasteiger partial charge in [0.25, 0.3) is 0 Å². The maximum absolute atomic E-state index is 13.8. The Morgan fingerprint density at radius 1 is 1.21 bits per heavy atom. The molecule has 2 aromatic rings. The van der Waals surface area contributed by atoms with Crippen LogP contribution in [0.4, 0.5) is 11.4 Å². The van der Waals surface area contributed by atoms with Crippen LogP contribution in [0, 0.1) is 5.41 Å². The molecule has 180 valence electrons. The van der Waals surface area contributed by atoms with E-state index in [1.165, 1.54) is 11.8 Å². The maximum atomic E-state index is 13.8. The molecule has 3 rings (SSSR count). The van der Waals surface area contributed by atoms with Gasteiger partial charge in [0.1, 0.15) is 5.75 Å². The van der Waals surface area contributed by atoms with Gasteiger partial charge in [-0.05, 0) is 31.0 Å². The zero-order valence-electron chi connectivity index (χ0n) is 19.5. The number of methoxy groups -OCH3 is 1. The number of unbranched alkanes of at least 4 members (excludes halogenated alkanes) is 1. The van der Waals surface area contributed by atoms with Gasteiger partial charge in [-0.3, -0.25) is 4.79 Å². The predicted molar refractivity (Wildman–Crippen MR) is 135 cm³/mol. The number of nitrogens with zero attached hydrogens (tertiary/aromatic N) is 1. The number of carboxylic acids is 1. The SMILES string of the molecule is CCCC[C@]1(CC)CN(c2ccccc2)c2cc(OC)c(CSCC(=O)O)cc2S(=O)(=O)C1. The lowest BCUT2D eigenvalue weighted by atomic mass is 9.81. The van der Waals surface area contributed by atoms with E-state index in [4.69, 9.17) is 9.84 Å². The largest absolute Gasteiger partial charge is 0.496 e. The van der Waals surface area contributed by atoms with Gasteiger partial charge in [0, 0.05) is 35.0 Å². The summed E-state index contributed by atoms with van der Waals surface area (Å²) in [6.07, 6.45) is 3.60. The Balaban J connectivity index is 2.18. The summed E-state index contributed by atoms with van der Waals surface area (Å²) in [6.45, 7) is 4.82. The van der Waals surface area contributed by atoms with Crippen molar-refractivity contribution in [2.24, 2.45) is 5.41 Å². The summed E-state index contributed by atoms with van der Waals surface area (Å²) >= 11 is 1.22. The average molecular weight is 492 g/mol. The smallest absolute Gasteiger partial charge is 0.313 e. The highest BCUT2D eigenvalue weighted by Gasteiger charge is 2.41. The van der Waals surface area contributed by atoms with Crippen LogP contribution in [-0.4, -0.2) is 44.7 Å². The number of ether oxygens (including phenoxy) is 1. The van der Waals surface area contributed by atoms with Crippen molar-refractivity contribution in [1.29, 1.82) is 0 Å². The minimum Gasteiger partial charge on any atom is -0.496 e. The molecule has 1 heterocycles. The molecule has 0 saturated carbocycles. The number of aliphatic carboxylic acids is 1. The molecule has 8 heteroatoms. The molecule has 1 aliphatic heterocycles. The minimum absolute atomic E-state index is 0.0565. The number of fused-ring (bicyclic) bond motifs is 1. The Hall–Kier alpha value is -2.19. The van der Waals surface area contributed by atoms with E-state index in [0.717, 1.165) is 31.4 Å². The average Bonchev–Trinajstić information content (AvgIpc) is 2.90. The van der Waals surface area contributed by atoms with E-state index >= 15 is 0 Å². The van der Waals surface area contributed by atoms with Gasteiger partial charge in [-0.1, -0.05) is 44.9 Å². The first-order valence-electron chi connectivity index (χ1n) is 11.3. The molecule has 1 aliphatic rings. The Bertz CT molecular complexity index is 1070. The van der Waals surface area contributed by atoms with Crippen molar-refractivity contribution in [3.63, 3.8) is 0 Å². The van der Waals surface area contributed by atoms with Crippen molar-refractivity contribution in [1.82, 2.24) is 0 Å². The van der Waals surface area contributed by atoms with Crippen LogP contribution in [0.15, 0.2) is 47.4 Å². The zero-order valence-corrected chi connectivity index (χ0v) is 21.2. The summed E-state index contributed by atoms with van der Waals surface area (Å²) < 4.78 is 33.2. The molecule has 0 aromatic heterocycles. The lowest BCUT2D eigenvalue weighted by Crippen LogP contribution is -2.37. The monoisotopic (exact) mass is 491 g/mol. The first kappa shape index (κ1) is 25.4. The number of hydrogen-bond donors (Lipinski definition) is 1. The molecule has 33 heavy (non-hydrogen) atoms. The highest BCUT2D eigenvalue weighted by Crippen LogP contribution is 2.46. The lowest BCUT2D eigenvalue weighted by molar-refractivity contribution is -0.133. The molecular formula is C25H33NO5S2. The molecule has 0 aliphatic carbocycles. The second-order valence-corrected chi connectivity index (χ2v) is 11.6. The van der Waals surface area contributed by atoms with Crippen LogP contribution in [0.2, 0.25) is 0 Å². The summed E-state index contributed by atoms with van der Waals surface area (Å²) in [4.78, 5) is 13.4. The van der Waals surface area contributed by atoms with E-state index in [1.807, 2.05) is 36.4 Å². The first-order valence-corrected chi connectivity index (χ1v) is 14.1. The highest BCUT2D eigenvalue weighted by atomic mass is 32.2. The number of thioether (sulfide) groups is 1. The molecule has 0 spiro atoms. The standard InChI is InChI=1S/C25H33NO5S2/c1-4-6-12-25(5-2)17-26(20-10-8-7-9-11-20)21-14-22(31-3)19(15-32-16-24(27)28)13-23(21)33(29,30)18-25/h7-11,13-14H,4-6,12,15-18H2,1-3H3,(H,27,28)/t25-/m1/s1. The summed E-state index contributed by atoms with van der Waals surface area (Å²) in [5.41, 5.74) is 1.89. The molecule has 0 amide bonds. The minimum atomic E-state index is -3.58. The number of benzene rings is 2. The molecule has 1 N–H and O–H groups in total. The van der Waals surface area contributed by atoms with Crippen LogP contribution in [0.1, 0.15) is 45.1 Å². The third kappa shape index (κ3) is 5.84. The normalized spacial score (nSPS) is 19.5. The fourth-order valence-corrected chi connectivity index (χ4v) is 7.41. The van der Waals surface area contributed by atoms with E-state index < -0.39 is 15.8 Å². The second kappa shape index (κ2) is 10.8. The third-order valence-corrected chi connectivity index (χ3v) is 9.29. The lowest BCUT2D eigenvalue weighted by Gasteiger charge is -2.36. The molecular weight excluding hydrogens is 458 g/mol. The van der Waals surface area contributed by atoms with Crippen molar-refractivity contribution in [3.8, 4) is 5.75 Å². The summed E-state index contributed by atoms with van der Waals surface area (Å²) in [7, 11) is -2.02. The van der Waals surface area contributed by atoms with Gasteiger partial charge in [0.2, 0.25) is 0 Å². The molecule has 0 fully saturated rings. The van der Waals surface area contributed by atoms with Gasteiger partial charge in [-0.2, -0.15) is 0 Å². The van der Waals surface area contributed by atoms with Gasteiger partial charge in [0.05, 0.1) is 29.2 Å². The molecule has 0 radical (unpaired) electrons. The summed E-state index contributed by atoms with van der Waals surface area (Å²) in [5.74, 6) is 0.0683. The first-order chi connectivity index (χ1) is 15.7. The molecule has 6 nitrogen and oxygen atoms in total. The van der Waals surface area contributed by atoms with Crippen molar-refractivity contribution < 1.29 is 23.1 Å². The Labute approximate surface area is 201 Å². The topological polar surface area (TPSA) is 83.9 Å². The van der Waals surface area contributed by atoms with Crippen LogP contribution in [0.5, 0.6) is 5.75 Å². The van der Waals surface area contributed by atoms with Crippen LogP contribution in [-0.2, 0) is 20.4 Å². The summed E-state index contributed by atoms with van der Waals surface area (Å²) in [5, 5.41) is 8.99. The fourth-order valence-electron chi connectivity index (χ4n) is 4.48. The quantitative estimate of drug-likeness (QED) is 0.468. The Morgan fingerprint density at radius 2 is 1.94 bits per heavy atom. The third-order valence-electron chi connectivity index (χ3n) is 6.34. The van der Waals surface area contributed by atoms with E-state index in [2.05, 4.69) is 18.7 Å². The van der Waals surface area contributed by atoms with Gasteiger partial charge < -0.3 is 14.7 Å². The predicted octanol–water partition coefficient (Wildman–Crippen LogP) is 5.53. The van der Waals surface area contributed by atoms with Crippen LogP contribution >= 0.6 is 11.8 Å². The van der Waals surface area contributed by atoms with Crippen LogP contribution < -0.4 is 9.64 Å². The van der Waals surface area contributed by atoms with Gasteiger partial charge in [-0.15, -0.1) is 11.8 Å². The molecule has 0 unspecified atom stereocenters. The van der Waals surface area contributed by atoms with Crippen LogP contribution in [0.3, 0.4) is 0 Å². The number of rotatable bonds is 10. The van der Waals surface area contributed by atoms with Crippen molar-refractivity contribution in [2.75, 3.05) is 30.1 Å². The van der Waals surface area contributed by atoms with Gasteiger partial charge in [0.15, 0.2) is 9.84 Å². The number of para-hydroxylation sites is 1. The van der Waals surface area contributed by atoms with Crippen molar-refractivity contribution in [3.05, 3.63) is 48.0 Å². The van der Waals surface area contributed by atoms with Crippen molar-refractivity contribution in [2.45, 2.75) is 50.2 Å². The number of anilines is 2. The van der Waals surface area contributed by atoms with Gasteiger partial charge in [-0.25, -0.2) is 8.42 Å². The zero-order chi connectivity index (χ0) is 24.1. The Morgan fingerprint density at radius 3 is 2.55 bits per heavy atom. The number of sulfone groups is 1. The molecule has 1 atom stereocenters. The maximum Gasteiger partial charge on any atom is 0.313 e. The van der Waals surface area contributed by atoms with Gasteiger partial charge >= 0.3 is 5.97 Å². The van der Waals surface area contributed by atoms with Crippen LogP contribution in [0.25, 0.3) is 0 Å². The highest BCUT2D eigenvalue weighted by molar-refractivity contribution is 7.99. The van der Waals surface area contributed by atoms with E-state index in [0.29, 0.717) is 34.2 Å². The number of carboxylic acid groups (broad SMARTS) is 1. The molecule has 2 aromatic carbocycles. The molecule has 0 saturated heterocycles. The second-order valence-electron chi connectivity index (χ2n) is 8.66. The Kier molecular flexibility index (Phi) is 8.34. The number of carbonyl (C=O) groups is 1. The summed E-state index contributed by atoms with van der Waals surface area (Å²) in [6, 6.07) is 13.4.